The lowest BCUT2D eigenvalue weighted by molar-refractivity contribution is -0.146. The molecule has 0 saturated heterocycles. The van der Waals surface area contributed by atoms with Gasteiger partial charge in [-0.15, -0.1) is 11.3 Å². The second kappa shape index (κ2) is 10.6. The predicted molar refractivity (Wildman–Crippen MR) is 124 cm³/mol. The third-order valence-corrected chi connectivity index (χ3v) is 6.91. The van der Waals surface area contributed by atoms with Crippen molar-refractivity contribution >= 4 is 44.1 Å². The average Bonchev–Trinajstić information content (AvgIpc) is 3.26. The third-order valence-electron chi connectivity index (χ3n) is 4.48. The van der Waals surface area contributed by atoms with Crippen LogP contribution in [0, 0.1) is 0 Å². The second-order valence-corrected chi connectivity index (χ2v) is 9.49. The van der Waals surface area contributed by atoms with Crippen molar-refractivity contribution in [3.05, 3.63) is 65.7 Å². The zero-order valence-corrected chi connectivity index (χ0v) is 19.9. The fourth-order valence-electron chi connectivity index (χ4n) is 2.84. The maximum absolute atomic E-state index is 12.5. The molecular weight excluding hydrogens is 466 g/mol. The number of nitrogens with zero attached hydrogens (tertiary/aromatic N) is 2. The lowest BCUT2D eigenvalue weighted by atomic mass is 10.3. The van der Waals surface area contributed by atoms with Gasteiger partial charge in [-0.25, -0.2) is 13.4 Å². The Bertz CT molecular complexity index is 1210. The highest BCUT2D eigenvalue weighted by Crippen LogP contribution is 2.29. The smallest absolute Gasteiger partial charge is 0.324 e. The molecule has 1 N–H and O–H groups in total. The molecule has 1 atom stereocenters. The summed E-state index contributed by atoms with van der Waals surface area (Å²) in [7, 11) is -2.45. The monoisotopic (exact) mass is 489 g/mol. The molecule has 33 heavy (non-hydrogen) atoms. The first kappa shape index (κ1) is 24.4. The number of aromatic nitrogens is 1. The molecule has 9 nitrogen and oxygen atoms in total. The maximum atomic E-state index is 12.5. The van der Waals surface area contributed by atoms with Crippen molar-refractivity contribution in [2.75, 3.05) is 12.0 Å². The Morgan fingerprint density at radius 3 is 2.39 bits per heavy atom. The predicted octanol–water partition coefficient (Wildman–Crippen LogP) is 3.25. The highest BCUT2D eigenvalue weighted by atomic mass is 32.2. The molecule has 0 aliphatic carbocycles. The Kier molecular flexibility index (Phi) is 7.79. The number of benzene rings is 2. The fraction of sp³-hybridized carbons (Fsp3) is 0.227. The lowest BCUT2D eigenvalue weighted by Gasteiger charge is -2.17. The number of rotatable bonds is 9. The van der Waals surface area contributed by atoms with Crippen LogP contribution >= 0.6 is 11.3 Å². The number of carbonyl (C=O) groups is 2. The second-order valence-electron chi connectivity index (χ2n) is 6.94. The molecule has 2 aromatic carbocycles. The Balaban J connectivity index is 1.61. The number of methoxy groups -OCH3 is 1. The number of ether oxygens (including phenoxy) is 2. The van der Waals surface area contributed by atoms with E-state index < -0.39 is 22.0 Å². The molecule has 0 radical (unpaired) electrons. The minimum atomic E-state index is -3.92. The maximum Gasteiger partial charge on any atom is 0.324 e. The van der Waals surface area contributed by atoms with Crippen molar-refractivity contribution < 1.29 is 27.5 Å². The van der Waals surface area contributed by atoms with Crippen LogP contribution < -0.4 is 14.4 Å². The van der Waals surface area contributed by atoms with E-state index in [4.69, 9.17) is 9.47 Å². The molecule has 0 bridgehead atoms. The van der Waals surface area contributed by atoms with Gasteiger partial charge in [-0.3, -0.25) is 14.5 Å². The number of hydrogen-bond acceptors (Lipinski definition) is 8. The van der Waals surface area contributed by atoms with E-state index >= 15 is 0 Å². The van der Waals surface area contributed by atoms with Gasteiger partial charge in [0.2, 0.25) is 15.9 Å². The summed E-state index contributed by atoms with van der Waals surface area (Å²) in [5, 5.41) is 2.11. The number of thiazole rings is 1. The Morgan fingerprint density at radius 2 is 1.79 bits per heavy atom. The fourth-order valence-corrected chi connectivity index (χ4v) is 4.91. The van der Waals surface area contributed by atoms with Gasteiger partial charge in [-0.1, -0.05) is 18.2 Å². The zero-order valence-electron chi connectivity index (χ0n) is 18.2. The van der Waals surface area contributed by atoms with Crippen LogP contribution in [0.3, 0.4) is 0 Å². The molecule has 3 rings (SSSR count). The van der Waals surface area contributed by atoms with Crippen molar-refractivity contribution in [1.29, 1.82) is 0 Å². The average molecular weight is 490 g/mol. The quantitative estimate of drug-likeness (QED) is 0.459. The number of nitrogens with one attached hydrogen (secondary N) is 1. The summed E-state index contributed by atoms with van der Waals surface area (Å²) < 4.78 is 37.5. The van der Waals surface area contributed by atoms with Gasteiger partial charge in [-0.2, -0.15) is 4.72 Å². The van der Waals surface area contributed by atoms with Gasteiger partial charge in [0.15, 0.2) is 5.13 Å². The molecule has 174 valence electrons. The van der Waals surface area contributed by atoms with Crippen molar-refractivity contribution in [3.8, 4) is 5.75 Å². The van der Waals surface area contributed by atoms with Gasteiger partial charge in [0, 0.05) is 12.3 Å². The van der Waals surface area contributed by atoms with Crippen LogP contribution in [0.15, 0.2) is 64.9 Å². The summed E-state index contributed by atoms with van der Waals surface area (Å²) in [6.45, 7) is 2.66. The topological polar surface area (TPSA) is 115 Å². The Morgan fingerprint density at radius 1 is 1.12 bits per heavy atom. The summed E-state index contributed by atoms with van der Waals surface area (Å²) in [4.78, 5) is 30.3. The number of carbonyl (C=O) groups excluding carboxylic acids is 2. The standard InChI is InChI=1S/C22H23N3O6S2/c1-15(24-33(28,29)20-11-9-19(30-3)10-12-20)21(27)31-13-17-14-32-22(23-17)25(16(2)26)18-7-5-4-6-8-18/h4-12,14-15,24H,13H2,1-3H3/t15-/m0/s1. The Labute approximate surface area is 196 Å². The lowest BCUT2D eigenvalue weighted by Crippen LogP contribution is -2.39. The van der Waals surface area contributed by atoms with Crippen LogP contribution in [0.4, 0.5) is 10.8 Å². The molecule has 3 aromatic rings. The minimum Gasteiger partial charge on any atom is -0.497 e. The van der Waals surface area contributed by atoms with Crippen LogP contribution in [0.2, 0.25) is 0 Å². The van der Waals surface area contributed by atoms with Crippen LogP contribution in [0.25, 0.3) is 0 Å². The third kappa shape index (κ3) is 6.15. The van der Waals surface area contributed by atoms with Gasteiger partial charge >= 0.3 is 5.97 Å². The molecule has 0 aliphatic rings. The van der Waals surface area contributed by atoms with Crippen LogP contribution in [-0.4, -0.2) is 38.4 Å². The van der Waals surface area contributed by atoms with Gasteiger partial charge in [0.1, 0.15) is 18.4 Å². The number of hydrogen-bond donors (Lipinski definition) is 1. The van der Waals surface area contributed by atoms with E-state index in [9.17, 15) is 18.0 Å². The van der Waals surface area contributed by atoms with E-state index in [1.54, 1.807) is 17.5 Å². The first-order valence-electron chi connectivity index (χ1n) is 9.84. The molecule has 1 heterocycles. The van der Waals surface area contributed by atoms with E-state index in [1.807, 2.05) is 18.2 Å². The largest absolute Gasteiger partial charge is 0.497 e. The highest BCUT2D eigenvalue weighted by Gasteiger charge is 2.24. The summed E-state index contributed by atoms with van der Waals surface area (Å²) in [6, 6.07) is 13.7. The number of sulfonamides is 1. The summed E-state index contributed by atoms with van der Waals surface area (Å²) >= 11 is 1.23. The molecule has 1 amide bonds. The highest BCUT2D eigenvalue weighted by molar-refractivity contribution is 7.89. The normalized spacial score (nSPS) is 12.1. The van der Waals surface area contributed by atoms with Gasteiger partial charge in [-0.05, 0) is 43.3 Å². The van der Waals surface area contributed by atoms with Gasteiger partial charge in [0.05, 0.1) is 23.4 Å². The van der Waals surface area contributed by atoms with Gasteiger partial charge < -0.3 is 9.47 Å². The minimum absolute atomic E-state index is 0.00247. The molecule has 0 spiro atoms. The number of anilines is 2. The number of para-hydroxylation sites is 1. The van der Waals surface area contributed by atoms with E-state index in [0.29, 0.717) is 22.3 Å². The molecular formula is C22H23N3O6S2. The molecule has 0 fully saturated rings. The van der Waals surface area contributed by atoms with Gasteiger partial charge in [0.25, 0.3) is 0 Å². The van der Waals surface area contributed by atoms with E-state index in [-0.39, 0.29) is 17.4 Å². The van der Waals surface area contributed by atoms with E-state index in [1.165, 1.54) is 61.5 Å². The molecule has 1 aromatic heterocycles. The van der Waals surface area contributed by atoms with Crippen molar-refractivity contribution in [1.82, 2.24) is 9.71 Å². The van der Waals surface area contributed by atoms with Crippen molar-refractivity contribution in [2.24, 2.45) is 0 Å². The summed E-state index contributed by atoms with van der Waals surface area (Å²) in [5.41, 5.74) is 1.11. The molecule has 11 heteroatoms. The van der Waals surface area contributed by atoms with Crippen LogP contribution in [0.5, 0.6) is 5.75 Å². The first-order valence-corrected chi connectivity index (χ1v) is 12.2. The SMILES string of the molecule is COc1ccc(S(=O)(=O)N[C@@H](C)C(=O)OCc2csc(N(C(C)=O)c3ccccc3)n2)cc1. The molecule has 0 saturated carbocycles. The summed E-state index contributed by atoms with van der Waals surface area (Å²) in [6.07, 6.45) is 0. The van der Waals surface area contributed by atoms with Crippen LogP contribution in [0.1, 0.15) is 19.5 Å². The molecule has 0 aliphatic heterocycles. The summed E-state index contributed by atoms with van der Waals surface area (Å²) in [5.74, 6) is -0.451. The van der Waals surface area contributed by atoms with E-state index in [2.05, 4.69) is 9.71 Å². The number of esters is 1. The first-order chi connectivity index (χ1) is 15.7. The Hall–Kier alpha value is -3.28. The number of amides is 1. The van der Waals surface area contributed by atoms with Crippen molar-refractivity contribution in [3.63, 3.8) is 0 Å². The van der Waals surface area contributed by atoms with E-state index in [0.717, 1.165) is 0 Å². The zero-order chi connectivity index (χ0) is 24.0. The van der Waals surface area contributed by atoms with Crippen LogP contribution in [-0.2, 0) is 31.0 Å². The molecule has 0 unspecified atom stereocenters. The van der Waals surface area contributed by atoms with Crippen molar-refractivity contribution in [2.45, 2.75) is 31.4 Å².